The number of nitrogens with zero attached hydrogens (tertiary/aromatic N) is 5. The molecule has 0 aromatic carbocycles. The number of tetrazole rings is 1. The van der Waals surface area contributed by atoms with Crippen molar-refractivity contribution in [2.45, 2.75) is 46.1 Å². The van der Waals surface area contributed by atoms with Crippen molar-refractivity contribution < 1.29 is 4.79 Å². The fourth-order valence-corrected chi connectivity index (χ4v) is 3.69. The van der Waals surface area contributed by atoms with Gasteiger partial charge in [0.1, 0.15) is 6.33 Å². The number of carbonyl (C=O) groups is 1. The van der Waals surface area contributed by atoms with Crippen LogP contribution in [-0.4, -0.2) is 31.1 Å². The Hall–Kier alpha value is -1.83. The maximum Gasteiger partial charge on any atom is 0.229 e. The first-order chi connectivity index (χ1) is 10.6. The lowest BCUT2D eigenvalue weighted by Crippen LogP contribution is -2.28. The van der Waals surface area contributed by atoms with Gasteiger partial charge in [-0.05, 0) is 55.9 Å². The number of aryl methyl sites for hydroxylation is 2. The summed E-state index contributed by atoms with van der Waals surface area (Å²) in [6.45, 7) is 4.82. The van der Waals surface area contributed by atoms with Crippen molar-refractivity contribution in [3.05, 3.63) is 16.9 Å². The molecule has 2 aromatic heterocycles. The zero-order chi connectivity index (χ0) is 15.5. The summed E-state index contributed by atoms with van der Waals surface area (Å²) in [5.74, 6) is 0.751. The van der Waals surface area contributed by atoms with E-state index in [4.69, 9.17) is 0 Å². The predicted octanol–water partition coefficient (Wildman–Crippen LogP) is 2.19. The van der Waals surface area contributed by atoms with Gasteiger partial charge in [-0.2, -0.15) is 0 Å². The van der Waals surface area contributed by atoms with E-state index in [1.165, 1.54) is 0 Å². The zero-order valence-corrected chi connectivity index (χ0v) is 13.6. The Labute approximate surface area is 133 Å². The zero-order valence-electron chi connectivity index (χ0n) is 12.8. The number of hydrogen-bond donors (Lipinski definition) is 1. The second kappa shape index (κ2) is 6.51. The van der Waals surface area contributed by atoms with Crippen molar-refractivity contribution in [3.8, 4) is 0 Å². The van der Waals surface area contributed by atoms with E-state index < -0.39 is 0 Å². The fourth-order valence-electron chi connectivity index (χ4n) is 2.87. The van der Waals surface area contributed by atoms with Crippen LogP contribution >= 0.6 is 11.3 Å². The van der Waals surface area contributed by atoms with Crippen LogP contribution in [0.2, 0.25) is 0 Å². The highest BCUT2D eigenvalue weighted by molar-refractivity contribution is 7.15. The normalized spacial score (nSPS) is 21.7. The molecule has 0 spiro atoms. The van der Waals surface area contributed by atoms with E-state index >= 15 is 0 Å². The van der Waals surface area contributed by atoms with Crippen molar-refractivity contribution in [1.82, 2.24) is 25.2 Å². The summed E-state index contributed by atoms with van der Waals surface area (Å²) in [5.41, 5.74) is 0.991. The summed E-state index contributed by atoms with van der Waals surface area (Å²) in [5, 5.41) is 14.9. The molecule has 118 valence electrons. The van der Waals surface area contributed by atoms with Crippen molar-refractivity contribution in [3.63, 3.8) is 0 Å². The van der Waals surface area contributed by atoms with Crippen LogP contribution in [0.1, 0.15) is 36.3 Å². The molecule has 1 fully saturated rings. The Bertz CT molecular complexity index is 610. The number of aromatic nitrogens is 5. The van der Waals surface area contributed by atoms with E-state index in [0.717, 1.165) is 47.9 Å². The molecule has 2 heterocycles. The number of carbonyl (C=O) groups excluding carboxylic acids is 1. The molecule has 0 aliphatic heterocycles. The molecule has 0 saturated heterocycles. The van der Waals surface area contributed by atoms with Gasteiger partial charge in [0.15, 0.2) is 5.13 Å². The van der Waals surface area contributed by atoms with Crippen molar-refractivity contribution in [1.29, 1.82) is 0 Å². The molecule has 1 aliphatic rings. The van der Waals surface area contributed by atoms with E-state index in [2.05, 4.69) is 25.8 Å². The number of rotatable bonds is 4. The van der Waals surface area contributed by atoms with Crippen LogP contribution in [0.5, 0.6) is 0 Å². The molecule has 1 N–H and O–H groups in total. The van der Waals surface area contributed by atoms with Crippen LogP contribution < -0.4 is 5.32 Å². The van der Waals surface area contributed by atoms with Gasteiger partial charge >= 0.3 is 0 Å². The Morgan fingerprint density at radius 3 is 2.73 bits per heavy atom. The summed E-state index contributed by atoms with van der Waals surface area (Å²) in [4.78, 5) is 17.9. The molecule has 2 aromatic rings. The SMILES string of the molecule is Cc1nc(NC(=O)C2CCC(Cn3cnnn3)CC2)sc1C. The Kier molecular flexibility index (Phi) is 4.47. The molecule has 1 amide bonds. The lowest BCUT2D eigenvalue weighted by molar-refractivity contribution is -0.121. The lowest BCUT2D eigenvalue weighted by Gasteiger charge is -2.27. The van der Waals surface area contributed by atoms with Crippen LogP contribution in [-0.2, 0) is 11.3 Å². The van der Waals surface area contributed by atoms with Crippen LogP contribution in [0.4, 0.5) is 5.13 Å². The molecule has 3 rings (SSSR count). The quantitative estimate of drug-likeness (QED) is 0.933. The maximum atomic E-state index is 12.3. The average molecular weight is 320 g/mol. The van der Waals surface area contributed by atoms with Gasteiger partial charge in [0.2, 0.25) is 5.91 Å². The summed E-state index contributed by atoms with van der Waals surface area (Å²) in [7, 11) is 0. The molecular formula is C14H20N6OS. The van der Waals surface area contributed by atoms with Gasteiger partial charge < -0.3 is 5.32 Å². The molecule has 1 aliphatic carbocycles. The minimum Gasteiger partial charge on any atom is -0.302 e. The van der Waals surface area contributed by atoms with E-state index in [1.807, 2.05) is 13.8 Å². The highest BCUT2D eigenvalue weighted by Gasteiger charge is 2.27. The highest BCUT2D eigenvalue weighted by atomic mass is 32.1. The number of thiazole rings is 1. The molecule has 0 bridgehead atoms. The first-order valence-electron chi connectivity index (χ1n) is 7.57. The summed E-state index contributed by atoms with van der Waals surface area (Å²) in [6, 6.07) is 0. The standard InChI is InChI=1S/C14H20N6OS/c1-9-10(2)22-14(16-9)17-13(21)12-5-3-11(4-6-12)7-20-8-15-18-19-20/h8,11-12H,3-7H2,1-2H3,(H,16,17,21). The highest BCUT2D eigenvalue weighted by Crippen LogP contribution is 2.31. The van der Waals surface area contributed by atoms with Gasteiger partial charge in [0.25, 0.3) is 0 Å². The summed E-state index contributed by atoms with van der Waals surface area (Å²) < 4.78 is 1.77. The molecule has 7 nitrogen and oxygen atoms in total. The van der Waals surface area contributed by atoms with Gasteiger partial charge in [-0.3, -0.25) is 4.79 Å². The van der Waals surface area contributed by atoms with Crippen LogP contribution in [0, 0.1) is 25.7 Å². The van der Waals surface area contributed by atoms with Gasteiger partial charge in [-0.25, -0.2) is 9.67 Å². The predicted molar refractivity (Wildman–Crippen MR) is 83.5 cm³/mol. The lowest BCUT2D eigenvalue weighted by atomic mass is 9.81. The Balaban J connectivity index is 1.49. The average Bonchev–Trinajstić information content (AvgIpc) is 3.10. The third-order valence-electron chi connectivity index (χ3n) is 4.31. The van der Waals surface area contributed by atoms with Gasteiger partial charge in [-0.1, -0.05) is 0 Å². The van der Waals surface area contributed by atoms with Crippen molar-refractivity contribution in [2.24, 2.45) is 11.8 Å². The van der Waals surface area contributed by atoms with E-state index in [1.54, 1.807) is 22.3 Å². The van der Waals surface area contributed by atoms with E-state index in [-0.39, 0.29) is 11.8 Å². The summed E-state index contributed by atoms with van der Waals surface area (Å²) in [6.07, 6.45) is 5.55. The number of nitrogens with one attached hydrogen (secondary N) is 1. The van der Waals surface area contributed by atoms with E-state index in [0.29, 0.717) is 5.92 Å². The van der Waals surface area contributed by atoms with E-state index in [9.17, 15) is 4.79 Å². The second-order valence-electron chi connectivity index (χ2n) is 5.90. The molecule has 0 atom stereocenters. The number of amides is 1. The number of hydrogen-bond acceptors (Lipinski definition) is 6. The summed E-state index contributed by atoms with van der Waals surface area (Å²) >= 11 is 1.54. The van der Waals surface area contributed by atoms with Crippen molar-refractivity contribution >= 4 is 22.4 Å². The fraction of sp³-hybridized carbons (Fsp3) is 0.643. The van der Waals surface area contributed by atoms with Crippen LogP contribution in [0.25, 0.3) is 0 Å². The first kappa shape index (κ1) is 15.1. The minimum absolute atomic E-state index is 0.0923. The molecule has 0 radical (unpaired) electrons. The topological polar surface area (TPSA) is 85.6 Å². The monoisotopic (exact) mass is 320 g/mol. The third-order valence-corrected chi connectivity index (χ3v) is 5.30. The van der Waals surface area contributed by atoms with Crippen molar-refractivity contribution in [2.75, 3.05) is 5.32 Å². The van der Waals surface area contributed by atoms with Gasteiger partial charge in [0.05, 0.1) is 5.69 Å². The van der Waals surface area contributed by atoms with Gasteiger partial charge in [0, 0.05) is 17.3 Å². The third kappa shape index (κ3) is 3.49. The maximum absolute atomic E-state index is 12.3. The molecule has 22 heavy (non-hydrogen) atoms. The Morgan fingerprint density at radius 1 is 1.36 bits per heavy atom. The van der Waals surface area contributed by atoms with Gasteiger partial charge in [-0.15, -0.1) is 16.4 Å². The molecule has 8 heteroatoms. The minimum atomic E-state index is 0.0923. The molecule has 1 saturated carbocycles. The Morgan fingerprint density at radius 2 is 2.14 bits per heavy atom. The molecule has 0 unspecified atom stereocenters. The van der Waals surface area contributed by atoms with Crippen LogP contribution in [0.15, 0.2) is 6.33 Å². The largest absolute Gasteiger partial charge is 0.302 e. The molecular weight excluding hydrogens is 300 g/mol. The van der Waals surface area contributed by atoms with Crippen LogP contribution in [0.3, 0.4) is 0 Å². The first-order valence-corrected chi connectivity index (χ1v) is 8.39. The second-order valence-corrected chi connectivity index (χ2v) is 7.10. The smallest absolute Gasteiger partial charge is 0.229 e. The number of anilines is 1.